The van der Waals surface area contributed by atoms with Crippen LogP contribution in [0.4, 0.5) is 0 Å². The third-order valence-corrected chi connectivity index (χ3v) is 6.00. The van der Waals surface area contributed by atoms with Gasteiger partial charge < -0.3 is 15.4 Å². The van der Waals surface area contributed by atoms with Gasteiger partial charge in [0.05, 0.1) is 19.7 Å². The summed E-state index contributed by atoms with van der Waals surface area (Å²) < 4.78 is 5.26. The van der Waals surface area contributed by atoms with E-state index in [-0.39, 0.29) is 24.4 Å². The summed E-state index contributed by atoms with van der Waals surface area (Å²) in [6.45, 7) is 2.48. The normalized spacial score (nSPS) is 14.8. The summed E-state index contributed by atoms with van der Waals surface area (Å²) in [4.78, 5) is 27.4. The average molecular weight is 432 g/mol. The third kappa shape index (κ3) is 5.26. The molecule has 0 radical (unpaired) electrons. The van der Waals surface area contributed by atoms with Gasteiger partial charge in [0.25, 0.3) is 5.91 Å². The van der Waals surface area contributed by atoms with Gasteiger partial charge in [0, 0.05) is 12.1 Å². The Balaban J connectivity index is 1.33. The van der Waals surface area contributed by atoms with Crippen molar-refractivity contribution in [2.45, 2.75) is 18.9 Å². The number of likely N-dealkylation sites (tertiary alicyclic amines) is 1. The number of carbonyl (C=O) groups excluding carboxylic acids is 2. The topological polar surface area (TPSA) is 70.7 Å². The quantitative estimate of drug-likeness (QED) is 0.572. The molecule has 0 saturated carbocycles. The van der Waals surface area contributed by atoms with Gasteiger partial charge in [-0.3, -0.25) is 14.5 Å². The van der Waals surface area contributed by atoms with E-state index in [1.54, 1.807) is 13.2 Å². The van der Waals surface area contributed by atoms with Crippen molar-refractivity contribution >= 4 is 22.6 Å². The lowest BCUT2D eigenvalue weighted by molar-refractivity contribution is -0.120. The van der Waals surface area contributed by atoms with Crippen LogP contribution >= 0.6 is 0 Å². The Labute approximate surface area is 188 Å². The van der Waals surface area contributed by atoms with E-state index in [9.17, 15) is 9.59 Å². The molecule has 1 fully saturated rings. The molecule has 1 heterocycles. The summed E-state index contributed by atoms with van der Waals surface area (Å²) >= 11 is 0. The Hall–Kier alpha value is -3.38. The standard InChI is InChI=1S/C26H29N3O3/c1-32-23-12-10-20(11-13-23)24(29-14-4-5-15-29)17-27-25(30)18-28-26(31)22-9-8-19-6-2-3-7-21(19)16-22/h2-3,6-13,16,24H,4-5,14-15,17-18H2,1H3,(H,27,30)(H,28,31). The first-order chi connectivity index (χ1) is 15.6. The molecule has 4 rings (SSSR count). The zero-order valence-electron chi connectivity index (χ0n) is 18.3. The first-order valence-electron chi connectivity index (χ1n) is 11.1. The van der Waals surface area contributed by atoms with Gasteiger partial charge in [-0.1, -0.05) is 42.5 Å². The number of hydrogen-bond acceptors (Lipinski definition) is 4. The second kappa shape index (κ2) is 10.3. The van der Waals surface area contributed by atoms with Gasteiger partial charge in [-0.25, -0.2) is 0 Å². The first-order valence-corrected chi connectivity index (χ1v) is 11.1. The molecule has 3 aromatic carbocycles. The Kier molecular flexibility index (Phi) is 7.02. The fraction of sp³-hybridized carbons (Fsp3) is 0.308. The van der Waals surface area contributed by atoms with E-state index in [1.807, 2.05) is 48.5 Å². The Morgan fingerprint density at radius 2 is 1.66 bits per heavy atom. The maximum atomic E-state index is 12.5. The molecule has 6 nitrogen and oxygen atoms in total. The second-order valence-corrected chi connectivity index (χ2v) is 8.08. The lowest BCUT2D eigenvalue weighted by Crippen LogP contribution is -2.41. The first kappa shape index (κ1) is 21.8. The minimum absolute atomic E-state index is 0.0546. The summed E-state index contributed by atoms with van der Waals surface area (Å²) in [6, 6.07) is 21.5. The number of amides is 2. The van der Waals surface area contributed by atoms with Crippen LogP contribution in [0.5, 0.6) is 5.75 Å². The van der Waals surface area contributed by atoms with E-state index in [2.05, 4.69) is 27.7 Å². The summed E-state index contributed by atoms with van der Waals surface area (Å²) in [7, 11) is 1.65. The van der Waals surface area contributed by atoms with Crippen LogP contribution in [0.25, 0.3) is 10.8 Å². The van der Waals surface area contributed by atoms with Crippen molar-refractivity contribution in [1.29, 1.82) is 0 Å². The minimum atomic E-state index is -0.253. The molecule has 1 aliphatic rings. The molecule has 1 aliphatic heterocycles. The van der Waals surface area contributed by atoms with Crippen molar-refractivity contribution in [2.24, 2.45) is 0 Å². The summed E-state index contributed by atoms with van der Waals surface area (Å²) in [6.07, 6.45) is 2.34. The lowest BCUT2D eigenvalue weighted by Gasteiger charge is -2.28. The zero-order valence-corrected chi connectivity index (χ0v) is 18.3. The summed E-state index contributed by atoms with van der Waals surface area (Å²) in [5.74, 6) is 0.364. The average Bonchev–Trinajstić information content (AvgIpc) is 3.37. The maximum absolute atomic E-state index is 12.5. The Morgan fingerprint density at radius 3 is 2.38 bits per heavy atom. The molecule has 6 heteroatoms. The highest BCUT2D eigenvalue weighted by molar-refractivity contribution is 6.00. The SMILES string of the molecule is COc1ccc(C(CNC(=O)CNC(=O)c2ccc3ccccc3c2)N2CCCC2)cc1. The van der Waals surface area contributed by atoms with Crippen LogP contribution in [0.3, 0.4) is 0 Å². The second-order valence-electron chi connectivity index (χ2n) is 8.08. The van der Waals surface area contributed by atoms with Crippen LogP contribution in [-0.4, -0.2) is 50.0 Å². The van der Waals surface area contributed by atoms with Gasteiger partial charge in [-0.05, 0) is 66.5 Å². The molecular weight excluding hydrogens is 402 g/mol. The number of benzene rings is 3. The van der Waals surface area contributed by atoms with Gasteiger partial charge >= 0.3 is 0 Å². The molecule has 1 unspecified atom stereocenters. The van der Waals surface area contributed by atoms with Crippen LogP contribution in [-0.2, 0) is 4.79 Å². The van der Waals surface area contributed by atoms with Crippen molar-refractivity contribution in [2.75, 3.05) is 33.3 Å². The van der Waals surface area contributed by atoms with Gasteiger partial charge in [-0.15, -0.1) is 0 Å². The molecule has 0 spiro atoms. The van der Waals surface area contributed by atoms with Crippen LogP contribution in [0.1, 0.15) is 34.8 Å². The molecule has 166 valence electrons. The van der Waals surface area contributed by atoms with E-state index < -0.39 is 0 Å². The Morgan fingerprint density at radius 1 is 0.938 bits per heavy atom. The van der Waals surface area contributed by atoms with Gasteiger partial charge in [0.15, 0.2) is 0 Å². The number of hydrogen-bond donors (Lipinski definition) is 2. The molecule has 32 heavy (non-hydrogen) atoms. The van der Waals surface area contributed by atoms with E-state index in [4.69, 9.17) is 4.74 Å². The molecular formula is C26H29N3O3. The number of ether oxygens (including phenoxy) is 1. The number of fused-ring (bicyclic) bond motifs is 1. The minimum Gasteiger partial charge on any atom is -0.497 e. The van der Waals surface area contributed by atoms with Crippen LogP contribution in [0, 0.1) is 0 Å². The molecule has 0 aliphatic carbocycles. The van der Waals surface area contributed by atoms with Crippen LogP contribution in [0.15, 0.2) is 66.7 Å². The molecule has 0 aromatic heterocycles. The molecule has 2 N–H and O–H groups in total. The van der Waals surface area contributed by atoms with E-state index >= 15 is 0 Å². The molecule has 0 bridgehead atoms. The number of nitrogens with zero attached hydrogens (tertiary/aromatic N) is 1. The van der Waals surface area contributed by atoms with E-state index in [0.29, 0.717) is 12.1 Å². The van der Waals surface area contributed by atoms with Crippen molar-refractivity contribution in [1.82, 2.24) is 15.5 Å². The van der Waals surface area contributed by atoms with Crippen LogP contribution < -0.4 is 15.4 Å². The largest absolute Gasteiger partial charge is 0.497 e. The predicted octanol–water partition coefficient (Wildman–Crippen LogP) is 3.53. The Bertz CT molecular complexity index is 1080. The molecule has 1 atom stereocenters. The molecule has 2 amide bonds. The summed E-state index contributed by atoms with van der Waals surface area (Å²) in [5, 5.41) is 7.80. The van der Waals surface area contributed by atoms with Crippen molar-refractivity contribution < 1.29 is 14.3 Å². The highest BCUT2D eigenvalue weighted by atomic mass is 16.5. The molecule has 3 aromatic rings. The van der Waals surface area contributed by atoms with Crippen LogP contribution in [0.2, 0.25) is 0 Å². The fourth-order valence-electron chi connectivity index (χ4n) is 4.20. The lowest BCUT2D eigenvalue weighted by atomic mass is 10.1. The third-order valence-electron chi connectivity index (χ3n) is 6.00. The summed E-state index contributed by atoms with van der Waals surface area (Å²) in [5.41, 5.74) is 1.69. The van der Waals surface area contributed by atoms with Crippen molar-refractivity contribution in [3.63, 3.8) is 0 Å². The van der Waals surface area contributed by atoms with Gasteiger partial charge in [-0.2, -0.15) is 0 Å². The van der Waals surface area contributed by atoms with Crippen molar-refractivity contribution in [3.05, 3.63) is 77.9 Å². The van der Waals surface area contributed by atoms with Crippen molar-refractivity contribution in [3.8, 4) is 5.75 Å². The highest BCUT2D eigenvalue weighted by Gasteiger charge is 2.24. The predicted molar refractivity (Wildman–Crippen MR) is 126 cm³/mol. The number of methoxy groups -OCH3 is 1. The van der Waals surface area contributed by atoms with Gasteiger partial charge in [0.2, 0.25) is 5.91 Å². The molecule has 1 saturated heterocycles. The smallest absolute Gasteiger partial charge is 0.251 e. The number of carbonyl (C=O) groups is 2. The zero-order chi connectivity index (χ0) is 22.3. The number of rotatable bonds is 8. The highest BCUT2D eigenvalue weighted by Crippen LogP contribution is 2.26. The van der Waals surface area contributed by atoms with E-state index in [1.165, 1.54) is 12.8 Å². The fourth-order valence-corrected chi connectivity index (χ4v) is 4.20. The number of nitrogens with one attached hydrogen (secondary N) is 2. The monoisotopic (exact) mass is 431 g/mol. The van der Waals surface area contributed by atoms with Gasteiger partial charge in [0.1, 0.15) is 5.75 Å². The maximum Gasteiger partial charge on any atom is 0.251 e. The van der Waals surface area contributed by atoms with E-state index in [0.717, 1.165) is 35.2 Å².